The van der Waals surface area contributed by atoms with Crippen molar-refractivity contribution in [1.82, 2.24) is 0 Å². The van der Waals surface area contributed by atoms with E-state index in [1.807, 2.05) is 34.7 Å². The van der Waals surface area contributed by atoms with Crippen LogP contribution in [0.15, 0.2) is 20.8 Å². The fraction of sp³-hybridized carbons (Fsp3) is 0.611. The molecule has 22 heavy (non-hydrogen) atoms. The third-order valence-corrected chi connectivity index (χ3v) is 4.81. The maximum absolute atomic E-state index is 12.0. The molecule has 0 spiro atoms. The zero-order valence-corrected chi connectivity index (χ0v) is 15.4. The monoisotopic (exact) mass is 410 g/mol. The van der Waals surface area contributed by atoms with Crippen LogP contribution in [-0.2, 0) is 4.79 Å². The molecule has 0 aromatic carbocycles. The van der Waals surface area contributed by atoms with Gasteiger partial charge in [-0.05, 0) is 22.0 Å². The number of unbranched alkanes of at least 4 members (excludes halogenated alkanes) is 6. The summed E-state index contributed by atoms with van der Waals surface area (Å²) in [5.41, 5.74) is 1.38. The van der Waals surface area contributed by atoms with E-state index in [1.165, 1.54) is 38.5 Å². The summed E-state index contributed by atoms with van der Waals surface area (Å²) >= 11 is 2.02. The maximum atomic E-state index is 12.0. The number of ketones is 1. The molecule has 1 saturated carbocycles. The van der Waals surface area contributed by atoms with E-state index in [0.29, 0.717) is 17.6 Å². The van der Waals surface area contributed by atoms with Gasteiger partial charge in [-0.1, -0.05) is 74.5 Å². The highest BCUT2D eigenvalue weighted by atomic mass is 127. The van der Waals surface area contributed by atoms with Gasteiger partial charge in [-0.25, -0.2) is 0 Å². The molecule has 1 rings (SSSR count). The molecule has 4 heteroatoms. The van der Waals surface area contributed by atoms with Crippen molar-refractivity contribution in [3.63, 3.8) is 0 Å². The van der Waals surface area contributed by atoms with Crippen molar-refractivity contribution >= 4 is 28.4 Å². The third kappa shape index (κ3) is 5.25. The Morgan fingerprint density at radius 3 is 2.32 bits per heavy atom. The second-order valence-electron chi connectivity index (χ2n) is 5.77. The molecular formula is C18H23IN2O. The Kier molecular flexibility index (Phi) is 9.08. The van der Waals surface area contributed by atoms with Crippen LogP contribution in [-0.4, -0.2) is 5.78 Å². The Morgan fingerprint density at radius 2 is 1.77 bits per heavy atom. The molecule has 0 bridgehead atoms. The highest BCUT2D eigenvalue weighted by Crippen LogP contribution is 2.39. The first-order chi connectivity index (χ1) is 10.7. The Bertz CT molecular complexity index is 518. The first kappa shape index (κ1) is 18.9. The van der Waals surface area contributed by atoms with Gasteiger partial charge in [-0.3, -0.25) is 4.79 Å². The van der Waals surface area contributed by atoms with Crippen molar-refractivity contribution in [2.45, 2.75) is 64.7 Å². The number of nitriles is 2. The van der Waals surface area contributed by atoms with E-state index in [4.69, 9.17) is 10.5 Å². The van der Waals surface area contributed by atoms with E-state index in [0.717, 1.165) is 12.8 Å². The van der Waals surface area contributed by atoms with Crippen LogP contribution < -0.4 is 0 Å². The minimum atomic E-state index is 0.0541. The standard InChI is InChI=1S/C18H23IN2O/c1-2-3-4-5-6-7-8-9-14-10-17(22)16(11-19)18(14)15(12-20)13-21/h11,14H,2-10H2,1H3/b16-11+. The lowest BCUT2D eigenvalue weighted by molar-refractivity contribution is -0.114. The quantitative estimate of drug-likeness (QED) is 0.234. The number of allylic oxidation sites excluding steroid dienone is 3. The van der Waals surface area contributed by atoms with Crippen LogP contribution in [0.1, 0.15) is 64.7 Å². The maximum Gasteiger partial charge on any atom is 0.164 e. The lowest BCUT2D eigenvalue weighted by Crippen LogP contribution is -2.00. The van der Waals surface area contributed by atoms with Crippen molar-refractivity contribution in [3.8, 4) is 12.1 Å². The highest BCUT2D eigenvalue weighted by Gasteiger charge is 2.34. The topological polar surface area (TPSA) is 64.7 Å². The Hall–Kier alpha value is -1.14. The highest BCUT2D eigenvalue weighted by molar-refractivity contribution is 14.1. The van der Waals surface area contributed by atoms with Crippen LogP contribution in [0.5, 0.6) is 0 Å². The van der Waals surface area contributed by atoms with Crippen molar-refractivity contribution in [1.29, 1.82) is 10.5 Å². The molecule has 0 aliphatic heterocycles. The van der Waals surface area contributed by atoms with Gasteiger partial charge < -0.3 is 0 Å². The molecule has 1 aliphatic rings. The number of hydrogen-bond donors (Lipinski definition) is 0. The Labute approximate surface area is 147 Å². The second-order valence-corrected chi connectivity index (χ2v) is 6.39. The summed E-state index contributed by atoms with van der Waals surface area (Å²) < 4.78 is 1.72. The molecular weight excluding hydrogens is 387 g/mol. The van der Waals surface area contributed by atoms with Gasteiger partial charge in [-0.2, -0.15) is 10.5 Å². The smallest absolute Gasteiger partial charge is 0.164 e. The molecule has 1 fully saturated rings. The zero-order chi connectivity index (χ0) is 16.4. The first-order valence-electron chi connectivity index (χ1n) is 8.07. The predicted molar refractivity (Wildman–Crippen MR) is 96.1 cm³/mol. The molecule has 1 atom stereocenters. The van der Waals surface area contributed by atoms with Gasteiger partial charge in [0, 0.05) is 12.0 Å². The van der Waals surface area contributed by atoms with E-state index in [2.05, 4.69) is 6.92 Å². The van der Waals surface area contributed by atoms with Gasteiger partial charge in [0.1, 0.15) is 17.7 Å². The largest absolute Gasteiger partial charge is 0.294 e. The number of nitrogens with zero attached hydrogens (tertiary/aromatic N) is 2. The Balaban J connectivity index is 2.59. The normalized spacial score (nSPS) is 19.3. The number of carbonyl (C=O) groups excluding carboxylic acids is 1. The van der Waals surface area contributed by atoms with Crippen LogP contribution in [0.3, 0.4) is 0 Å². The third-order valence-electron chi connectivity index (χ3n) is 4.19. The number of halogens is 1. The lowest BCUT2D eigenvalue weighted by atomic mass is 9.91. The summed E-state index contributed by atoms with van der Waals surface area (Å²) in [6.45, 7) is 2.21. The summed E-state index contributed by atoms with van der Waals surface area (Å²) in [6, 6.07) is 3.91. The molecule has 3 nitrogen and oxygen atoms in total. The summed E-state index contributed by atoms with van der Waals surface area (Å²) in [5, 5.41) is 18.2. The van der Waals surface area contributed by atoms with Gasteiger partial charge in [0.25, 0.3) is 0 Å². The molecule has 0 saturated heterocycles. The molecule has 0 aromatic heterocycles. The lowest BCUT2D eigenvalue weighted by Gasteiger charge is -2.11. The van der Waals surface area contributed by atoms with Crippen LogP contribution >= 0.6 is 22.6 Å². The van der Waals surface area contributed by atoms with Crippen molar-refractivity contribution in [2.75, 3.05) is 0 Å². The molecule has 0 radical (unpaired) electrons. The van der Waals surface area contributed by atoms with E-state index < -0.39 is 0 Å². The van der Waals surface area contributed by atoms with Crippen LogP contribution in [0.4, 0.5) is 0 Å². The minimum absolute atomic E-state index is 0.0541. The van der Waals surface area contributed by atoms with Crippen molar-refractivity contribution < 1.29 is 4.79 Å². The van der Waals surface area contributed by atoms with Crippen LogP contribution in [0.2, 0.25) is 0 Å². The summed E-state index contributed by atoms with van der Waals surface area (Å²) in [7, 11) is 0. The number of hydrogen-bond acceptors (Lipinski definition) is 3. The molecule has 118 valence electrons. The van der Waals surface area contributed by atoms with Gasteiger partial charge in [0.05, 0.1) is 0 Å². The molecule has 1 aliphatic carbocycles. The second kappa shape index (κ2) is 10.6. The van der Waals surface area contributed by atoms with Gasteiger partial charge in [0.15, 0.2) is 5.78 Å². The van der Waals surface area contributed by atoms with E-state index in [1.54, 1.807) is 4.08 Å². The molecule has 0 aromatic rings. The van der Waals surface area contributed by atoms with Crippen molar-refractivity contribution in [2.24, 2.45) is 5.92 Å². The van der Waals surface area contributed by atoms with Gasteiger partial charge in [-0.15, -0.1) is 0 Å². The fourth-order valence-electron chi connectivity index (χ4n) is 3.00. The number of carbonyl (C=O) groups is 1. The van der Waals surface area contributed by atoms with Gasteiger partial charge >= 0.3 is 0 Å². The summed E-state index contributed by atoms with van der Waals surface area (Å²) in [6.07, 6.45) is 9.96. The van der Waals surface area contributed by atoms with Crippen LogP contribution in [0, 0.1) is 28.6 Å². The van der Waals surface area contributed by atoms with Crippen LogP contribution in [0.25, 0.3) is 0 Å². The summed E-state index contributed by atoms with van der Waals surface area (Å²) in [5.74, 6) is 0.124. The van der Waals surface area contributed by atoms with Gasteiger partial charge in [0.2, 0.25) is 0 Å². The minimum Gasteiger partial charge on any atom is -0.294 e. The summed E-state index contributed by atoms with van der Waals surface area (Å²) in [4.78, 5) is 12.0. The average molecular weight is 410 g/mol. The number of Topliss-reactive ketones (excluding diaryl/α,β-unsaturated/α-hetero) is 1. The fourth-order valence-corrected chi connectivity index (χ4v) is 3.69. The zero-order valence-electron chi connectivity index (χ0n) is 13.2. The van der Waals surface area contributed by atoms with E-state index in [9.17, 15) is 4.79 Å². The SMILES string of the molecule is CCCCCCCCCC1CC(=O)/C(=C\I)C1=C(C#N)C#N. The van der Waals surface area contributed by atoms with Crippen molar-refractivity contribution in [3.05, 3.63) is 20.8 Å². The average Bonchev–Trinajstić information content (AvgIpc) is 2.83. The first-order valence-corrected chi connectivity index (χ1v) is 9.32. The Morgan fingerprint density at radius 1 is 1.18 bits per heavy atom. The molecule has 0 N–H and O–H groups in total. The molecule has 0 heterocycles. The predicted octanol–water partition coefficient (Wildman–Crippen LogP) is 5.38. The van der Waals surface area contributed by atoms with E-state index in [-0.39, 0.29) is 17.3 Å². The van der Waals surface area contributed by atoms with E-state index >= 15 is 0 Å². The number of rotatable bonds is 8. The molecule has 0 amide bonds. The molecule has 1 unspecified atom stereocenters.